The molecule has 1 aliphatic heterocycles. The first-order chi connectivity index (χ1) is 7.59. The number of benzene rings is 1. The average molecular weight is 217 g/mol. The first-order valence-electron chi connectivity index (χ1n) is 6.37. The number of hydrogen-bond acceptors (Lipinski definition) is 1. The lowest BCUT2D eigenvalue weighted by molar-refractivity contribution is 0.187. The molecule has 2 rings (SSSR count). The van der Waals surface area contributed by atoms with E-state index in [-0.39, 0.29) is 0 Å². The molecule has 1 heterocycles. The largest absolute Gasteiger partial charge is 0.299 e. The van der Waals surface area contributed by atoms with E-state index in [0.29, 0.717) is 6.04 Å². The van der Waals surface area contributed by atoms with Gasteiger partial charge in [-0.15, -0.1) is 0 Å². The molecule has 1 atom stereocenters. The normalized spacial score (nSPS) is 22.4. The van der Waals surface area contributed by atoms with Crippen LogP contribution in [0.5, 0.6) is 0 Å². The lowest BCUT2D eigenvalue weighted by Crippen LogP contribution is -2.30. The van der Waals surface area contributed by atoms with Gasteiger partial charge in [0.1, 0.15) is 0 Å². The van der Waals surface area contributed by atoms with Crippen molar-refractivity contribution >= 4 is 0 Å². The van der Waals surface area contributed by atoms with E-state index in [1.807, 2.05) is 0 Å². The van der Waals surface area contributed by atoms with Crippen molar-refractivity contribution in [3.63, 3.8) is 0 Å². The van der Waals surface area contributed by atoms with Crippen molar-refractivity contribution in [2.24, 2.45) is 0 Å². The van der Waals surface area contributed by atoms with Gasteiger partial charge in [-0.1, -0.05) is 18.6 Å². The summed E-state index contributed by atoms with van der Waals surface area (Å²) in [5.74, 6) is 0. The van der Waals surface area contributed by atoms with Crippen LogP contribution in [-0.2, 0) is 0 Å². The highest BCUT2D eigenvalue weighted by Crippen LogP contribution is 2.32. The topological polar surface area (TPSA) is 3.24 Å². The number of nitrogens with zero attached hydrogens (tertiary/aromatic N) is 1. The van der Waals surface area contributed by atoms with Gasteiger partial charge in [0.15, 0.2) is 0 Å². The third-order valence-electron chi connectivity index (χ3n) is 4.01. The Morgan fingerprint density at radius 3 is 2.38 bits per heavy atom. The number of hydrogen-bond donors (Lipinski definition) is 0. The molecular formula is C15H23N. The third-order valence-corrected chi connectivity index (χ3v) is 4.01. The Kier molecular flexibility index (Phi) is 3.34. The molecule has 1 nitrogen and oxygen atoms in total. The Labute approximate surface area is 99.5 Å². The van der Waals surface area contributed by atoms with Gasteiger partial charge in [-0.25, -0.2) is 0 Å². The summed E-state index contributed by atoms with van der Waals surface area (Å²) in [6.45, 7) is 7.93. The fourth-order valence-corrected chi connectivity index (χ4v) is 2.81. The van der Waals surface area contributed by atoms with Crippen molar-refractivity contribution in [3.05, 3.63) is 34.4 Å². The van der Waals surface area contributed by atoms with Crippen molar-refractivity contribution in [1.82, 2.24) is 4.90 Å². The molecule has 0 amide bonds. The van der Waals surface area contributed by atoms with E-state index in [9.17, 15) is 0 Å². The lowest BCUT2D eigenvalue weighted by Gasteiger charge is -2.34. The van der Waals surface area contributed by atoms with Gasteiger partial charge >= 0.3 is 0 Å². The van der Waals surface area contributed by atoms with E-state index < -0.39 is 0 Å². The molecule has 0 bridgehead atoms. The van der Waals surface area contributed by atoms with Gasteiger partial charge in [-0.3, -0.25) is 4.90 Å². The Balaban J connectivity index is 2.35. The summed E-state index contributed by atoms with van der Waals surface area (Å²) < 4.78 is 0. The summed E-state index contributed by atoms with van der Waals surface area (Å²) in [6.07, 6.45) is 4.05. The number of likely N-dealkylation sites (tertiary alicyclic amines) is 1. The highest BCUT2D eigenvalue weighted by Gasteiger charge is 2.22. The molecule has 88 valence electrons. The van der Waals surface area contributed by atoms with E-state index in [2.05, 4.69) is 44.9 Å². The van der Waals surface area contributed by atoms with E-state index >= 15 is 0 Å². The van der Waals surface area contributed by atoms with Gasteiger partial charge in [0.25, 0.3) is 0 Å². The number of aryl methyl sites for hydroxylation is 3. The smallest absolute Gasteiger partial charge is 0.0347 e. The molecule has 0 radical (unpaired) electrons. The van der Waals surface area contributed by atoms with Crippen LogP contribution in [-0.4, -0.2) is 18.5 Å². The first-order valence-corrected chi connectivity index (χ1v) is 6.37. The fourth-order valence-electron chi connectivity index (χ4n) is 2.81. The second-order valence-electron chi connectivity index (χ2n) is 5.29. The number of piperidine rings is 1. The van der Waals surface area contributed by atoms with Crippen LogP contribution in [0.4, 0.5) is 0 Å². The molecule has 1 aromatic rings. The molecule has 1 heteroatoms. The summed E-state index contributed by atoms with van der Waals surface area (Å²) in [4.78, 5) is 2.51. The second-order valence-corrected chi connectivity index (χ2v) is 5.29. The zero-order chi connectivity index (χ0) is 11.7. The maximum Gasteiger partial charge on any atom is 0.0347 e. The Hall–Kier alpha value is -0.820. The van der Waals surface area contributed by atoms with Gasteiger partial charge in [0.2, 0.25) is 0 Å². The molecule has 1 unspecified atom stereocenters. The van der Waals surface area contributed by atoms with Crippen molar-refractivity contribution in [1.29, 1.82) is 0 Å². The summed E-state index contributed by atoms with van der Waals surface area (Å²) in [7, 11) is 2.26. The molecule has 0 N–H and O–H groups in total. The molecule has 0 aliphatic carbocycles. The van der Waals surface area contributed by atoms with Gasteiger partial charge in [0.05, 0.1) is 0 Å². The van der Waals surface area contributed by atoms with Crippen LogP contribution in [0.3, 0.4) is 0 Å². The fraction of sp³-hybridized carbons (Fsp3) is 0.600. The quantitative estimate of drug-likeness (QED) is 0.692. The van der Waals surface area contributed by atoms with E-state index in [0.717, 1.165) is 0 Å². The number of rotatable bonds is 1. The van der Waals surface area contributed by atoms with Crippen molar-refractivity contribution < 1.29 is 0 Å². The molecule has 0 aromatic heterocycles. The van der Waals surface area contributed by atoms with Gasteiger partial charge < -0.3 is 0 Å². The van der Waals surface area contributed by atoms with Crippen LogP contribution in [0.1, 0.15) is 47.6 Å². The molecular weight excluding hydrogens is 194 g/mol. The van der Waals surface area contributed by atoms with Crippen LogP contribution in [0.25, 0.3) is 0 Å². The maximum atomic E-state index is 2.51. The third kappa shape index (κ3) is 2.15. The summed E-state index contributed by atoms with van der Waals surface area (Å²) in [5, 5.41) is 0. The summed E-state index contributed by atoms with van der Waals surface area (Å²) in [6, 6.07) is 5.39. The Bertz CT molecular complexity index is 381. The second kappa shape index (κ2) is 4.58. The van der Waals surface area contributed by atoms with Crippen LogP contribution in [0, 0.1) is 20.8 Å². The molecule has 0 saturated carbocycles. The van der Waals surface area contributed by atoms with Crippen molar-refractivity contribution in [2.45, 2.75) is 46.1 Å². The molecule has 1 fully saturated rings. The Morgan fingerprint density at radius 2 is 1.69 bits per heavy atom. The van der Waals surface area contributed by atoms with E-state index in [1.54, 1.807) is 5.56 Å². The van der Waals surface area contributed by atoms with Crippen molar-refractivity contribution in [3.8, 4) is 0 Å². The Morgan fingerprint density at radius 1 is 1.00 bits per heavy atom. The molecule has 0 spiro atoms. The molecule has 16 heavy (non-hydrogen) atoms. The van der Waals surface area contributed by atoms with E-state index in [1.165, 1.54) is 42.5 Å². The zero-order valence-electron chi connectivity index (χ0n) is 11.0. The van der Waals surface area contributed by atoms with Gasteiger partial charge in [-0.2, -0.15) is 0 Å². The van der Waals surface area contributed by atoms with E-state index in [4.69, 9.17) is 0 Å². The molecule has 1 aromatic carbocycles. The molecule has 1 aliphatic rings. The SMILES string of the molecule is Cc1cc(C)c(C2CCCCN2C)cc1C. The standard InChI is InChI=1S/C15H23N/c1-11-9-13(3)14(10-12(11)2)15-7-5-6-8-16(15)4/h9-10,15H,5-8H2,1-4H3. The minimum Gasteiger partial charge on any atom is -0.299 e. The monoisotopic (exact) mass is 217 g/mol. The minimum atomic E-state index is 0.646. The van der Waals surface area contributed by atoms with Gasteiger partial charge in [0, 0.05) is 6.04 Å². The summed E-state index contributed by atoms with van der Waals surface area (Å²) in [5.41, 5.74) is 5.85. The minimum absolute atomic E-state index is 0.646. The molecule has 1 saturated heterocycles. The van der Waals surface area contributed by atoms with Crippen LogP contribution in [0.2, 0.25) is 0 Å². The summed E-state index contributed by atoms with van der Waals surface area (Å²) >= 11 is 0. The van der Waals surface area contributed by atoms with Gasteiger partial charge in [-0.05, 0) is 69.5 Å². The predicted octanol–water partition coefficient (Wildman–Crippen LogP) is 3.77. The maximum absolute atomic E-state index is 2.51. The van der Waals surface area contributed by atoms with Crippen molar-refractivity contribution in [2.75, 3.05) is 13.6 Å². The van der Waals surface area contributed by atoms with Crippen LogP contribution < -0.4 is 0 Å². The average Bonchev–Trinajstić information content (AvgIpc) is 2.25. The first kappa shape index (κ1) is 11.7. The zero-order valence-corrected chi connectivity index (χ0v) is 11.0. The highest BCUT2D eigenvalue weighted by atomic mass is 15.1. The van der Waals surface area contributed by atoms with Crippen LogP contribution >= 0.6 is 0 Å². The van der Waals surface area contributed by atoms with Crippen LogP contribution in [0.15, 0.2) is 12.1 Å². The predicted molar refractivity (Wildman–Crippen MR) is 69.9 cm³/mol. The lowest BCUT2D eigenvalue weighted by atomic mass is 9.90. The highest BCUT2D eigenvalue weighted by molar-refractivity contribution is 5.38.